The van der Waals surface area contributed by atoms with E-state index in [1.165, 1.54) is 17.3 Å². The third-order valence-electron chi connectivity index (χ3n) is 3.69. The van der Waals surface area contributed by atoms with Gasteiger partial charge in [0, 0.05) is 17.9 Å². The second-order valence-corrected chi connectivity index (χ2v) is 6.93. The van der Waals surface area contributed by atoms with Gasteiger partial charge in [0.15, 0.2) is 0 Å². The minimum atomic E-state index is -0.475. The van der Waals surface area contributed by atoms with E-state index in [1.54, 1.807) is 24.3 Å². The molecular weight excluding hydrogens is 346 g/mol. The first-order chi connectivity index (χ1) is 12.6. The summed E-state index contributed by atoms with van der Waals surface area (Å²) < 4.78 is 0. The number of thioether (sulfide) groups is 1. The van der Waals surface area contributed by atoms with Crippen molar-refractivity contribution < 1.29 is 9.59 Å². The van der Waals surface area contributed by atoms with Gasteiger partial charge in [-0.3, -0.25) is 9.59 Å². The number of nitrogens with one attached hydrogen (secondary N) is 2. The van der Waals surface area contributed by atoms with Crippen LogP contribution in [0.1, 0.15) is 21.5 Å². The van der Waals surface area contributed by atoms with Crippen LogP contribution in [0.4, 0.5) is 0 Å². The fourth-order valence-corrected chi connectivity index (χ4v) is 3.25. The molecule has 0 saturated heterocycles. The molecule has 2 aromatic rings. The third kappa shape index (κ3) is 6.26. The fraction of sp³-hybridized carbons (Fsp3) is 0.250. The van der Waals surface area contributed by atoms with Crippen LogP contribution in [0.2, 0.25) is 0 Å². The first-order valence-electron chi connectivity index (χ1n) is 8.25. The van der Waals surface area contributed by atoms with Crippen molar-refractivity contribution in [1.29, 1.82) is 5.26 Å². The summed E-state index contributed by atoms with van der Waals surface area (Å²) in [4.78, 5) is 24.5. The molecule has 2 amide bonds. The Labute approximate surface area is 157 Å². The first kappa shape index (κ1) is 19.5. The van der Waals surface area contributed by atoms with Crippen molar-refractivity contribution in [1.82, 2.24) is 10.6 Å². The van der Waals surface area contributed by atoms with Crippen LogP contribution >= 0.6 is 11.8 Å². The van der Waals surface area contributed by atoms with Crippen LogP contribution < -0.4 is 10.6 Å². The summed E-state index contributed by atoms with van der Waals surface area (Å²) in [5.74, 6) is 0.170. The highest BCUT2D eigenvalue weighted by atomic mass is 32.2. The van der Waals surface area contributed by atoms with Crippen LogP contribution in [0.15, 0.2) is 54.6 Å². The molecule has 0 aliphatic rings. The monoisotopic (exact) mass is 367 g/mol. The van der Waals surface area contributed by atoms with Gasteiger partial charge in [0.05, 0.1) is 6.07 Å². The molecule has 0 aliphatic heterocycles. The van der Waals surface area contributed by atoms with E-state index in [9.17, 15) is 9.59 Å². The average Bonchev–Trinajstić information content (AvgIpc) is 2.68. The molecular formula is C20H21N3O2S. The van der Waals surface area contributed by atoms with Gasteiger partial charge < -0.3 is 10.6 Å². The van der Waals surface area contributed by atoms with E-state index in [-0.39, 0.29) is 24.9 Å². The zero-order chi connectivity index (χ0) is 18.8. The number of nitriles is 1. The lowest BCUT2D eigenvalue weighted by Crippen LogP contribution is -2.41. The van der Waals surface area contributed by atoms with Crippen molar-refractivity contribution in [2.75, 3.05) is 13.1 Å². The first-order valence-corrected chi connectivity index (χ1v) is 9.30. The van der Waals surface area contributed by atoms with Gasteiger partial charge in [-0.2, -0.15) is 5.26 Å². The van der Waals surface area contributed by atoms with Crippen molar-refractivity contribution in [3.05, 3.63) is 71.3 Å². The zero-order valence-electron chi connectivity index (χ0n) is 14.6. The minimum absolute atomic E-state index is 0.0486. The lowest BCUT2D eigenvalue weighted by Gasteiger charge is -2.16. The number of rotatable bonds is 8. The van der Waals surface area contributed by atoms with Crippen LogP contribution in [-0.2, 0) is 10.5 Å². The van der Waals surface area contributed by atoms with Crippen LogP contribution in [0.3, 0.4) is 0 Å². The Balaban J connectivity index is 1.96. The highest BCUT2D eigenvalue weighted by Gasteiger charge is 2.20. The topological polar surface area (TPSA) is 82.0 Å². The van der Waals surface area contributed by atoms with E-state index in [0.717, 1.165) is 5.56 Å². The van der Waals surface area contributed by atoms with Gasteiger partial charge in [0.25, 0.3) is 5.91 Å². The number of hydrogen-bond acceptors (Lipinski definition) is 4. The van der Waals surface area contributed by atoms with Crippen LogP contribution in [-0.4, -0.2) is 30.2 Å². The molecule has 0 saturated carbocycles. The van der Waals surface area contributed by atoms with E-state index in [4.69, 9.17) is 5.26 Å². The van der Waals surface area contributed by atoms with E-state index >= 15 is 0 Å². The maximum absolute atomic E-state index is 12.3. The molecule has 2 N–H and O–H groups in total. The van der Waals surface area contributed by atoms with Gasteiger partial charge in [0.2, 0.25) is 5.91 Å². The lowest BCUT2D eigenvalue weighted by atomic mass is 10.2. The second-order valence-electron chi connectivity index (χ2n) is 5.74. The summed E-state index contributed by atoms with van der Waals surface area (Å²) in [5, 5.41) is 13.5. The van der Waals surface area contributed by atoms with E-state index < -0.39 is 5.25 Å². The fourth-order valence-electron chi connectivity index (χ4n) is 2.23. The number of amides is 2. The summed E-state index contributed by atoms with van der Waals surface area (Å²) in [6.07, 6.45) is 0. The molecule has 1 unspecified atom stereocenters. The maximum Gasteiger partial charge on any atom is 0.251 e. The average molecular weight is 367 g/mol. The molecule has 6 heteroatoms. The number of carbonyl (C=O) groups excluding carboxylic acids is 2. The van der Waals surface area contributed by atoms with Crippen LogP contribution in [0.25, 0.3) is 0 Å². The number of hydrogen-bond donors (Lipinski definition) is 2. The van der Waals surface area contributed by atoms with Crippen molar-refractivity contribution in [3.8, 4) is 6.07 Å². The van der Waals surface area contributed by atoms with E-state index in [0.29, 0.717) is 11.3 Å². The summed E-state index contributed by atoms with van der Waals surface area (Å²) in [5.41, 5.74) is 2.83. The number of carbonyl (C=O) groups is 2. The van der Waals surface area contributed by atoms with Gasteiger partial charge in [-0.1, -0.05) is 48.0 Å². The molecule has 0 spiro atoms. The minimum Gasteiger partial charge on any atom is -0.350 e. The predicted octanol–water partition coefficient (Wildman–Crippen LogP) is 2.67. The smallest absolute Gasteiger partial charge is 0.251 e. The molecule has 1 atom stereocenters. The summed E-state index contributed by atoms with van der Waals surface area (Å²) >= 11 is 1.44. The molecule has 2 aromatic carbocycles. The standard InChI is InChI=1S/C20H21N3O2S/c1-15-7-9-16(10-8-15)14-26-18(20(25)22-12-11-21)13-23-19(24)17-5-3-2-4-6-17/h2-10,18H,12-14H2,1H3,(H,22,25)(H,23,24). The maximum atomic E-state index is 12.3. The molecule has 5 nitrogen and oxygen atoms in total. The molecule has 0 radical (unpaired) electrons. The molecule has 0 bridgehead atoms. The summed E-state index contributed by atoms with van der Waals surface area (Å²) in [6, 6.07) is 18.9. The summed E-state index contributed by atoms with van der Waals surface area (Å²) in [6.45, 7) is 2.17. The van der Waals surface area contributed by atoms with E-state index in [1.807, 2.05) is 43.3 Å². The van der Waals surface area contributed by atoms with Gasteiger partial charge in [-0.15, -0.1) is 11.8 Å². The Morgan fingerprint density at radius 3 is 2.42 bits per heavy atom. The van der Waals surface area contributed by atoms with E-state index in [2.05, 4.69) is 10.6 Å². The largest absolute Gasteiger partial charge is 0.350 e. The van der Waals surface area contributed by atoms with Gasteiger partial charge in [-0.05, 0) is 24.6 Å². The normalized spacial score (nSPS) is 11.2. The van der Waals surface area contributed by atoms with Crippen molar-refractivity contribution in [2.45, 2.75) is 17.9 Å². The van der Waals surface area contributed by atoms with Crippen LogP contribution in [0, 0.1) is 18.3 Å². The quantitative estimate of drug-likeness (QED) is 0.703. The molecule has 26 heavy (non-hydrogen) atoms. The van der Waals surface area contributed by atoms with Crippen LogP contribution in [0.5, 0.6) is 0 Å². The molecule has 134 valence electrons. The molecule has 0 heterocycles. The highest BCUT2D eigenvalue weighted by Crippen LogP contribution is 2.18. The number of aryl methyl sites for hydroxylation is 1. The highest BCUT2D eigenvalue weighted by molar-refractivity contribution is 7.99. The van der Waals surface area contributed by atoms with Crippen molar-refractivity contribution >= 4 is 23.6 Å². The molecule has 0 aromatic heterocycles. The number of benzene rings is 2. The predicted molar refractivity (Wildman–Crippen MR) is 104 cm³/mol. The van der Waals surface area contributed by atoms with Gasteiger partial charge in [-0.25, -0.2) is 0 Å². The Morgan fingerprint density at radius 2 is 1.77 bits per heavy atom. The lowest BCUT2D eigenvalue weighted by molar-refractivity contribution is -0.120. The molecule has 0 fully saturated rings. The Hall–Kier alpha value is -2.78. The third-order valence-corrected chi connectivity index (χ3v) is 4.97. The SMILES string of the molecule is Cc1ccc(CSC(CNC(=O)c2ccccc2)C(=O)NCC#N)cc1. The summed E-state index contributed by atoms with van der Waals surface area (Å²) in [7, 11) is 0. The van der Waals surface area contributed by atoms with Crippen molar-refractivity contribution in [3.63, 3.8) is 0 Å². The van der Waals surface area contributed by atoms with Crippen molar-refractivity contribution in [2.24, 2.45) is 0 Å². The Morgan fingerprint density at radius 1 is 1.08 bits per heavy atom. The second kappa shape index (κ2) is 10.3. The molecule has 0 aliphatic carbocycles. The van der Waals surface area contributed by atoms with Gasteiger partial charge in [0.1, 0.15) is 11.8 Å². The Bertz CT molecular complexity index is 770. The zero-order valence-corrected chi connectivity index (χ0v) is 15.4. The van der Waals surface area contributed by atoms with Gasteiger partial charge >= 0.3 is 0 Å². The number of nitrogens with zero attached hydrogens (tertiary/aromatic N) is 1. The molecule has 2 rings (SSSR count). The Kier molecular flexibility index (Phi) is 7.72.